The van der Waals surface area contributed by atoms with E-state index in [-0.39, 0.29) is 11.7 Å². The van der Waals surface area contributed by atoms with Gasteiger partial charge in [0.1, 0.15) is 5.82 Å². The number of amides is 1. The molecular weight excluding hydrogens is 287 g/mol. The smallest absolute Gasteiger partial charge is 0.226 e. The van der Waals surface area contributed by atoms with Gasteiger partial charge in [0.05, 0.1) is 5.69 Å². The van der Waals surface area contributed by atoms with Crippen LogP contribution in [0.4, 0.5) is 9.52 Å². The molecule has 1 amide bonds. The first-order valence-electron chi connectivity index (χ1n) is 7.20. The number of aromatic nitrogens is 1. The van der Waals surface area contributed by atoms with Crippen LogP contribution in [0.2, 0.25) is 0 Å². The zero-order valence-electron chi connectivity index (χ0n) is 12.1. The number of hydrogen-bond acceptors (Lipinski definition) is 3. The Morgan fingerprint density at radius 1 is 1.24 bits per heavy atom. The molecule has 3 nitrogen and oxygen atoms in total. The van der Waals surface area contributed by atoms with Crippen molar-refractivity contribution in [1.29, 1.82) is 0 Å². The normalized spacial score (nSPS) is 10.6. The quantitative estimate of drug-likeness (QED) is 0.742. The Hall–Kier alpha value is -1.75. The van der Waals surface area contributed by atoms with Crippen LogP contribution in [-0.2, 0) is 4.79 Å². The maximum absolute atomic E-state index is 12.9. The van der Waals surface area contributed by atoms with Crippen molar-refractivity contribution in [3.05, 3.63) is 35.5 Å². The minimum absolute atomic E-state index is 0.00566. The van der Waals surface area contributed by atoms with E-state index in [4.69, 9.17) is 0 Å². The molecule has 0 fully saturated rings. The zero-order valence-corrected chi connectivity index (χ0v) is 12.9. The van der Waals surface area contributed by atoms with Gasteiger partial charge in [0.15, 0.2) is 5.13 Å². The molecule has 0 aliphatic carbocycles. The lowest BCUT2D eigenvalue weighted by atomic mass is 10.1. The van der Waals surface area contributed by atoms with E-state index in [2.05, 4.69) is 17.2 Å². The topological polar surface area (TPSA) is 42.0 Å². The Balaban J connectivity index is 1.88. The highest BCUT2D eigenvalue weighted by Crippen LogP contribution is 2.25. The van der Waals surface area contributed by atoms with Crippen LogP contribution in [0.25, 0.3) is 11.3 Å². The molecule has 2 rings (SSSR count). The van der Waals surface area contributed by atoms with E-state index in [1.165, 1.54) is 29.9 Å². The van der Waals surface area contributed by atoms with Gasteiger partial charge in [-0.2, -0.15) is 0 Å². The Kier molecular flexibility index (Phi) is 5.87. The standard InChI is InChI=1S/C16H19FN2OS/c1-2-3-4-5-6-15(20)19-16-18-14(11-21-16)12-7-9-13(17)10-8-12/h7-11H,2-6H2,1H3,(H,18,19,20). The lowest BCUT2D eigenvalue weighted by Gasteiger charge is -2.01. The minimum Gasteiger partial charge on any atom is -0.302 e. The van der Waals surface area contributed by atoms with Crippen molar-refractivity contribution in [3.8, 4) is 11.3 Å². The van der Waals surface area contributed by atoms with Gasteiger partial charge in [-0.15, -0.1) is 11.3 Å². The molecule has 0 saturated heterocycles. The van der Waals surface area contributed by atoms with Crippen LogP contribution in [-0.4, -0.2) is 10.9 Å². The number of nitrogens with zero attached hydrogens (tertiary/aromatic N) is 1. The molecule has 112 valence electrons. The Labute approximate surface area is 128 Å². The Morgan fingerprint density at radius 3 is 2.71 bits per heavy atom. The molecule has 0 aliphatic heterocycles. The fraction of sp³-hybridized carbons (Fsp3) is 0.375. The molecule has 1 heterocycles. The van der Waals surface area contributed by atoms with Crippen molar-refractivity contribution in [2.45, 2.75) is 39.0 Å². The molecule has 2 aromatic rings. The highest BCUT2D eigenvalue weighted by Gasteiger charge is 2.08. The highest BCUT2D eigenvalue weighted by atomic mass is 32.1. The number of thiazole rings is 1. The Bertz CT molecular complexity index is 580. The fourth-order valence-corrected chi connectivity index (χ4v) is 2.71. The summed E-state index contributed by atoms with van der Waals surface area (Å²) in [5.74, 6) is -0.263. The number of halogens is 1. The number of benzene rings is 1. The number of carbonyl (C=O) groups excluding carboxylic acids is 1. The van der Waals surface area contributed by atoms with Crippen molar-refractivity contribution in [2.75, 3.05) is 5.32 Å². The van der Waals surface area contributed by atoms with Gasteiger partial charge in [0.2, 0.25) is 5.91 Å². The van der Waals surface area contributed by atoms with Crippen LogP contribution in [0.15, 0.2) is 29.6 Å². The maximum Gasteiger partial charge on any atom is 0.226 e. The van der Waals surface area contributed by atoms with Crippen molar-refractivity contribution in [2.24, 2.45) is 0 Å². The summed E-state index contributed by atoms with van der Waals surface area (Å²) < 4.78 is 12.9. The maximum atomic E-state index is 12.9. The largest absolute Gasteiger partial charge is 0.302 e. The molecule has 0 radical (unpaired) electrons. The summed E-state index contributed by atoms with van der Waals surface area (Å²) in [7, 11) is 0. The second-order valence-electron chi connectivity index (χ2n) is 4.90. The summed E-state index contributed by atoms with van der Waals surface area (Å²) in [5, 5.41) is 5.27. The molecule has 0 unspecified atom stereocenters. The van der Waals surface area contributed by atoms with E-state index in [1.54, 1.807) is 12.1 Å². The van der Waals surface area contributed by atoms with E-state index in [9.17, 15) is 9.18 Å². The van der Waals surface area contributed by atoms with E-state index in [1.807, 2.05) is 5.38 Å². The van der Waals surface area contributed by atoms with Crippen LogP contribution < -0.4 is 5.32 Å². The monoisotopic (exact) mass is 306 g/mol. The summed E-state index contributed by atoms with van der Waals surface area (Å²) in [6, 6.07) is 6.17. The van der Waals surface area contributed by atoms with E-state index >= 15 is 0 Å². The third-order valence-electron chi connectivity index (χ3n) is 3.15. The number of rotatable bonds is 7. The summed E-state index contributed by atoms with van der Waals surface area (Å²) in [6.07, 6.45) is 4.86. The summed E-state index contributed by atoms with van der Waals surface area (Å²) >= 11 is 1.38. The van der Waals surface area contributed by atoms with Gasteiger partial charge in [-0.3, -0.25) is 4.79 Å². The van der Waals surface area contributed by atoms with E-state index < -0.39 is 0 Å². The molecule has 0 bridgehead atoms. The second-order valence-corrected chi connectivity index (χ2v) is 5.76. The number of hydrogen-bond donors (Lipinski definition) is 1. The molecule has 1 aromatic carbocycles. The molecule has 1 N–H and O–H groups in total. The summed E-state index contributed by atoms with van der Waals surface area (Å²) in [5.41, 5.74) is 1.59. The van der Waals surface area contributed by atoms with Gasteiger partial charge < -0.3 is 5.32 Å². The van der Waals surface area contributed by atoms with Crippen molar-refractivity contribution < 1.29 is 9.18 Å². The second kappa shape index (κ2) is 7.88. The van der Waals surface area contributed by atoms with Crippen LogP contribution in [0, 0.1) is 5.82 Å². The van der Waals surface area contributed by atoms with Crippen molar-refractivity contribution in [3.63, 3.8) is 0 Å². The lowest BCUT2D eigenvalue weighted by Crippen LogP contribution is -2.10. The minimum atomic E-state index is -0.269. The van der Waals surface area contributed by atoms with Crippen molar-refractivity contribution in [1.82, 2.24) is 4.98 Å². The first-order chi connectivity index (χ1) is 10.2. The molecule has 1 aromatic heterocycles. The van der Waals surface area contributed by atoms with Crippen LogP contribution in [0.5, 0.6) is 0 Å². The lowest BCUT2D eigenvalue weighted by molar-refractivity contribution is -0.116. The Morgan fingerprint density at radius 2 is 2.00 bits per heavy atom. The first-order valence-corrected chi connectivity index (χ1v) is 8.08. The fourth-order valence-electron chi connectivity index (χ4n) is 1.98. The molecular formula is C16H19FN2OS. The van der Waals surface area contributed by atoms with E-state index in [0.29, 0.717) is 11.6 Å². The molecule has 0 atom stereocenters. The van der Waals surface area contributed by atoms with Gasteiger partial charge in [-0.25, -0.2) is 9.37 Å². The van der Waals surface area contributed by atoms with Gasteiger partial charge in [-0.05, 0) is 30.7 Å². The van der Waals surface area contributed by atoms with Gasteiger partial charge in [0.25, 0.3) is 0 Å². The predicted octanol–water partition coefficient (Wildman–Crippen LogP) is 4.86. The van der Waals surface area contributed by atoms with Crippen LogP contribution in [0.3, 0.4) is 0 Å². The van der Waals surface area contributed by atoms with Gasteiger partial charge in [0, 0.05) is 17.4 Å². The molecule has 0 spiro atoms. The third kappa shape index (κ3) is 4.93. The van der Waals surface area contributed by atoms with Crippen LogP contribution in [0.1, 0.15) is 39.0 Å². The van der Waals surface area contributed by atoms with Gasteiger partial charge >= 0.3 is 0 Å². The summed E-state index contributed by atoms with van der Waals surface area (Å²) in [4.78, 5) is 16.1. The average Bonchev–Trinajstić information content (AvgIpc) is 2.93. The van der Waals surface area contributed by atoms with Crippen molar-refractivity contribution >= 4 is 22.4 Å². The molecule has 21 heavy (non-hydrogen) atoms. The SMILES string of the molecule is CCCCCCC(=O)Nc1nc(-c2ccc(F)cc2)cs1. The molecule has 5 heteroatoms. The van der Waals surface area contributed by atoms with E-state index in [0.717, 1.165) is 30.5 Å². The first kappa shape index (κ1) is 15.6. The highest BCUT2D eigenvalue weighted by molar-refractivity contribution is 7.14. The van der Waals surface area contributed by atoms with Crippen LogP contribution >= 0.6 is 11.3 Å². The molecule has 0 saturated carbocycles. The number of nitrogens with one attached hydrogen (secondary N) is 1. The average molecular weight is 306 g/mol. The number of anilines is 1. The zero-order chi connectivity index (χ0) is 15.1. The predicted molar refractivity (Wildman–Crippen MR) is 84.9 cm³/mol. The summed E-state index contributed by atoms with van der Waals surface area (Å²) in [6.45, 7) is 2.15. The number of carbonyl (C=O) groups is 1. The van der Waals surface area contributed by atoms with Gasteiger partial charge in [-0.1, -0.05) is 26.2 Å². The molecule has 0 aliphatic rings. The third-order valence-corrected chi connectivity index (χ3v) is 3.91. The number of unbranched alkanes of at least 4 members (excludes halogenated alkanes) is 3.